The number of rotatable bonds is 9. The van der Waals surface area contributed by atoms with Crippen LogP contribution < -0.4 is 5.32 Å². The molecule has 4 heteroatoms. The molecular weight excluding hydrogens is 258 g/mol. The standard InChI is InChI=1S/C15H31NO2S/c1-4-7-9-15(6-3,13-16-10-5-2)14-8-11-19(17,18)12-14/h14,16H,4-13H2,1-3H3. The molecule has 114 valence electrons. The summed E-state index contributed by atoms with van der Waals surface area (Å²) < 4.78 is 23.6. The van der Waals surface area contributed by atoms with Crippen LogP contribution in [0.4, 0.5) is 0 Å². The molecule has 3 nitrogen and oxygen atoms in total. The summed E-state index contributed by atoms with van der Waals surface area (Å²) in [5.41, 5.74) is 0.189. The summed E-state index contributed by atoms with van der Waals surface area (Å²) in [6, 6.07) is 0. The quantitative estimate of drug-likeness (QED) is 0.664. The maximum atomic E-state index is 11.8. The number of nitrogens with one attached hydrogen (secondary N) is 1. The topological polar surface area (TPSA) is 46.2 Å². The molecule has 0 aromatic heterocycles. The number of hydrogen-bond acceptors (Lipinski definition) is 3. The van der Waals surface area contributed by atoms with Gasteiger partial charge in [0, 0.05) is 6.54 Å². The Balaban J connectivity index is 2.76. The molecular formula is C15H31NO2S. The summed E-state index contributed by atoms with van der Waals surface area (Å²) >= 11 is 0. The van der Waals surface area contributed by atoms with Crippen molar-refractivity contribution in [3.63, 3.8) is 0 Å². The van der Waals surface area contributed by atoms with Crippen molar-refractivity contribution in [1.82, 2.24) is 5.32 Å². The van der Waals surface area contributed by atoms with Gasteiger partial charge in [-0.05, 0) is 43.6 Å². The summed E-state index contributed by atoms with van der Waals surface area (Å²) in [6.45, 7) is 8.64. The highest BCUT2D eigenvalue weighted by atomic mass is 32.2. The average molecular weight is 289 g/mol. The summed E-state index contributed by atoms with van der Waals surface area (Å²) in [7, 11) is -2.77. The van der Waals surface area contributed by atoms with Gasteiger partial charge in [-0.3, -0.25) is 0 Å². The van der Waals surface area contributed by atoms with E-state index in [4.69, 9.17) is 0 Å². The van der Waals surface area contributed by atoms with Gasteiger partial charge in [0.05, 0.1) is 11.5 Å². The summed E-state index contributed by atoms with van der Waals surface area (Å²) in [6.07, 6.45) is 6.65. The van der Waals surface area contributed by atoms with E-state index < -0.39 is 9.84 Å². The highest BCUT2D eigenvalue weighted by molar-refractivity contribution is 7.91. The predicted octanol–water partition coefficient (Wildman–Crippen LogP) is 3.01. The molecule has 0 amide bonds. The van der Waals surface area contributed by atoms with Crippen molar-refractivity contribution in [2.75, 3.05) is 24.6 Å². The molecule has 2 atom stereocenters. The van der Waals surface area contributed by atoms with Gasteiger partial charge in [0.15, 0.2) is 9.84 Å². The minimum absolute atomic E-state index is 0.189. The van der Waals surface area contributed by atoms with Crippen molar-refractivity contribution in [2.45, 2.75) is 59.3 Å². The minimum atomic E-state index is -2.77. The van der Waals surface area contributed by atoms with Crippen LogP contribution in [-0.2, 0) is 9.84 Å². The third-order valence-corrected chi connectivity index (χ3v) is 6.50. The van der Waals surface area contributed by atoms with Crippen LogP contribution in [-0.4, -0.2) is 33.0 Å². The molecule has 19 heavy (non-hydrogen) atoms. The summed E-state index contributed by atoms with van der Waals surface area (Å²) in [5, 5.41) is 3.55. The lowest BCUT2D eigenvalue weighted by molar-refractivity contribution is 0.143. The predicted molar refractivity (Wildman–Crippen MR) is 82.2 cm³/mol. The van der Waals surface area contributed by atoms with Gasteiger partial charge in [-0.15, -0.1) is 0 Å². The number of unbranched alkanes of at least 4 members (excludes halogenated alkanes) is 1. The van der Waals surface area contributed by atoms with Crippen molar-refractivity contribution in [3.05, 3.63) is 0 Å². The number of sulfone groups is 1. The van der Waals surface area contributed by atoms with E-state index in [1.807, 2.05) is 0 Å². The highest BCUT2D eigenvalue weighted by Crippen LogP contribution is 2.42. The Labute approximate surface area is 119 Å². The van der Waals surface area contributed by atoms with Gasteiger partial charge in [0.1, 0.15) is 0 Å². The normalized spacial score (nSPS) is 25.3. The SMILES string of the molecule is CCCCC(CC)(CNCCC)C1CCS(=O)(=O)C1. The van der Waals surface area contributed by atoms with Gasteiger partial charge in [0.25, 0.3) is 0 Å². The van der Waals surface area contributed by atoms with Crippen molar-refractivity contribution in [2.24, 2.45) is 11.3 Å². The average Bonchev–Trinajstić information content (AvgIpc) is 2.75. The zero-order valence-corrected chi connectivity index (χ0v) is 13.7. The van der Waals surface area contributed by atoms with Gasteiger partial charge >= 0.3 is 0 Å². The van der Waals surface area contributed by atoms with E-state index in [0.717, 1.165) is 38.8 Å². The van der Waals surface area contributed by atoms with E-state index >= 15 is 0 Å². The van der Waals surface area contributed by atoms with E-state index in [2.05, 4.69) is 26.1 Å². The summed E-state index contributed by atoms with van der Waals surface area (Å²) in [4.78, 5) is 0. The highest BCUT2D eigenvalue weighted by Gasteiger charge is 2.42. The van der Waals surface area contributed by atoms with Crippen LogP contribution in [0, 0.1) is 11.3 Å². The van der Waals surface area contributed by atoms with E-state index in [1.54, 1.807) is 0 Å². The molecule has 1 rings (SSSR count). The zero-order chi connectivity index (χ0) is 14.4. The first-order valence-corrected chi connectivity index (χ1v) is 9.73. The number of hydrogen-bond donors (Lipinski definition) is 1. The molecule has 1 heterocycles. The Morgan fingerprint density at radius 3 is 2.42 bits per heavy atom. The van der Waals surface area contributed by atoms with Crippen LogP contribution in [0.5, 0.6) is 0 Å². The molecule has 0 aromatic carbocycles. The molecule has 0 saturated carbocycles. The molecule has 0 aliphatic carbocycles. The van der Waals surface area contributed by atoms with Crippen molar-refractivity contribution in [1.29, 1.82) is 0 Å². The van der Waals surface area contributed by atoms with E-state index in [1.165, 1.54) is 12.8 Å². The molecule has 0 aromatic rings. The first-order chi connectivity index (χ1) is 8.99. The smallest absolute Gasteiger partial charge is 0.150 e. The second-order valence-electron chi connectivity index (χ2n) is 6.10. The molecule has 1 saturated heterocycles. The van der Waals surface area contributed by atoms with Crippen LogP contribution in [0.2, 0.25) is 0 Å². The van der Waals surface area contributed by atoms with E-state index in [0.29, 0.717) is 17.4 Å². The monoisotopic (exact) mass is 289 g/mol. The Bertz CT molecular complexity index is 353. The second kappa shape index (κ2) is 7.63. The maximum absolute atomic E-state index is 11.8. The van der Waals surface area contributed by atoms with Crippen LogP contribution in [0.15, 0.2) is 0 Å². The van der Waals surface area contributed by atoms with Crippen LogP contribution in [0.25, 0.3) is 0 Å². The van der Waals surface area contributed by atoms with Crippen LogP contribution in [0.1, 0.15) is 59.3 Å². The molecule has 0 radical (unpaired) electrons. The van der Waals surface area contributed by atoms with Crippen LogP contribution in [0.3, 0.4) is 0 Å². The van der Waals surface area contributed by atoms with E-state index in [-0.39, 0.29) is 5.41 Å². The second-order valence-corrected chi connectivity index (χ2v) is 8.32. The van der Waals surface area contributed by atoms with Gasteiger partial charge < -0.3 is 5.32 Å². The fourth-order valence-electron chi connectivity index (χ4n) is 3.35. The Hall–Kier alpha value is -0.0900. The van der Waals surface area contributed by atoms with Crippen molar-refractivity contribution in [3.8, 4) is 0 Å². The Kier molecular flexibility index (Phi) is 6.81. The van der Waals surface area contributed by atoms with Crippen LogP contribution >= 0.6 is 0 Å². The largest absolute Gasteiger partial charge is 0.316 e. The van der Waals surface area contributed by atoms with Crippen molar-refractivity contribution < 1.29 is 8.42 Å². The molecule has 1 fully saturated rings. The lowest BCUT2D eigenvalue weighted by atomic mass is 9.69. The molecule has 1 N–H and O–H groups in total. The Morgan fingerprint density at radius 1 is 1.21 bits per heavy atom. The molecule has 2 unspecified atom stereocenters. The molecule has 0 bridgehead atoms. The van der Waals surface area contributed by atoms with Crippen molar-refractivity contribution >= 4 is 9.84 Å². The lowest BCUT2D eigenvalue weighted by Gasteiger charge is -2.38. The fraction of sp³-hybridized carbons (Fsp3) is 1.00. The first-order valence-electron chi connectivity index (χ1n) is 7.90. The third kappa shape index (κ3) is 4.75. The molecule has 0 spiro atoms. The maximum Gasteiger partial charge on any atom is 0.150 e. The van der Waals surface area contributed by atoms with Gasteiger partial charge in [0.2, 0.25) is 0 Å². The van der Waals surface area contributed by atoms with Gasteiger partial charge in [-0.25, -0.2) is 8.42 Å². The molecule has 1 aliphatic heterocycles. The van der Waals surface area contributed by atoms with Gasteiger partial charge in [-0.1, -0.05) is 33.6 Å². The third-order valence-electron chi connectivity index (χ3n) is 4.73. The Morgan fingerprint density at radius 2 is 1.95 bits per heavy atom. The van der Waals surface area contributed by atoms with E-state index in [9.17, 15) is 8.42 Å². The fourth-order valence-corrected chi connectivity index (χ4v) is 5.29. The van der Waals surface area contributed by atoms with Gasteiger partial charge in [-0.2, -0.15) is 0 Å². The first kappa shape index (κ1) is 17.0. The lowest BCUT2D eigenvalue weighted by Crippen LogP contribution is -2.41. The molecule has 1 aliphatic rings. The minimum Gasteiger partial charge on any atom is -0.316 e. The summed E-state index contributed by atoms with van der Waals surface area (Å²) in [5.74, 6) is 1.18. The zero-order valence-electron chi connectivity index (χ0n) is 12.9.